The molecule has 1 fully saturated rings. The van der Waals surface area contributed by atoms with Crippen LogP contribution in [0.4, 0.5) is 4.79 Å². The minimum atomic E-state index is -0.946. The number of carbonyl (C=O) groups excluding carboxylic acids is 2. The lowest BCUT2D eigenvalue weighted by molar-refractivity contribution is -0.137. The van der Waals surface area contributed by atoms with Crippen molar-refractivity contribution in [1.29, 1.82) is 0 Å². The SMILES string of the molecule is CN(CC1CCCOC1)C(=O)NC(=O)CCCC(=O)O. The van der Waals surface area contributed by atoms with Gasteiger partial charge in [0.2, 0.25) is 5.91 Å². The van der Waals surface area contributed by atoms with Crippen LogP contribution >= 0.6 is 0 Å². The van der Waals surface area contributed by atoms with Gasteiger partial charge >= 0.3 is 12.0 Å². The predicted molar refractivity (Wildman–Crippen MR) is 71.2 cm³/mol. The Kier molecular flexibility index (Phi) is 7.00. The molecule has 114 valence electrons. The first-order valence-electron chi connectivity index (χ1n) is 6.83. The summed E-state index contributed by atoms with van der Waals surface area (Å²) in [6.45, 7) is 1.97. The third kappa shape index (κ3) is 6.51. The summed E-state index contributed by atoms with van der Waals surface area (Å²) in [4.78, 5) is 35.0. The van der Waals surface area contributed by atoms with Crippen molar-refractivity contribution in [3.63, 3.8) is 0 Å². The van der Waals surface area contributed by atoms with Gasteiger partial charge in [-0.2, -0.15) is 0 Å². The largest absolute Gasteiger partial charge is 0.481 e. The van der Waals surface area contributed by atoms with Crippen molar-refractivity contribution in [2.45, 2.75) is 32.1 Å². The molecule has 0 radical (unpaired) electrons. The molecule has 0 spiro atoms. The Morgan fingerprint density at radius 3 is 2.70 bits per heavy atom. The summed E-state index contributed by atoms with van der Waals surface area (Å²) in [6, 6.07) is -0.448. The van der Waals surface area contributed by atoms with E-state index in [0.717, 1.165) is 19.4 Å². The first-order chi connectivity index (χ1) is 9.49. The molecule has 1 rings (SSSR count). The summed E-state index contributed by atoms with van der Waals surface area (Å²) in [5, 5.41) is 10.7. The fourth-order valence-corrected chi connectivity index (χ4v) is 2.10. The molecular weight excluding hydrogens is 264 g/mol. The van der Waals surface area contributed by atoms with Crippen molar-refractivity contribution >= 4 is 17.9 Å². The molecule has 0 aromatic carbocycles. The fraction of sp³-hybridized carbons (Fsp3) is 0.769. The molecule has 7 nitrogen and oxygen atoms in total. The van der Waals surface area contributed by atoms with Gasteiger partial charge in [-0.25, -0.2) is 4.79 Å². The van der Waals surface area contributed by atoms with Gasteiger partial charge in [-0.05, 0) is 19.3 Å². The maximum absolute atomic E-state index is 11.8. The molecule has 20 heavy (non-hydrogen) atoms. The normalized spacial score (nSPS) is 18.4. The number of imide groups is 1. The number of ether oxygens (including phenoxy) is 1. The van der Waals surface area contributed by atoms with Crippen molar-refractivity contribution < 1.29 is 24.2 Å². The van der Waals surface area contributed by atoms with Gasteiger partial charge in [0.15, 0.2) is 0 Å². The van der Waals surface area contributed by atoms with Crippen molar-refractivity contribution in [1.82, 2.24) is 10.2 Å². The van der Waals surface area contributed by atoms with Gasteiger partial charge in [-0.1, -0.05) is 0 Å². The van der Waals surface area contributed by atoms with E-state index in [1.165, 1.54) is 4.90 Å². The molecule has 1 aliphatic rings. The fourth-order valence-electron chi connectivity index (χ4n) is 2.10. The summed E-state index contributed by atoms with van der Waals surface area (Å²) in [7, 11) is 1.63. The van der Waals surface area contributed by atoms with E-state index in [-0.39, 0.29) is 19.3 Å². The van der Waals surface area contributed by atoms with Gasteiger partial charge in [0.1, 0.15) is 0 Å². The molecule has 1 aliphatic heterocycles. The van der Waals surface area contributed by atoms with Gasteiger partial charge in [-0.3, -0.25) is 14.9 Å². The first kappa shape index (κ1) is 16.4. The lowest BCUT2D eigenvalue weighted by Gasteiger charge is -2.27. The van der Waals surface area contributed by atoms with E-state index >= 15 is 0 Å². The van der Waals surface area contributed by atoms with Crippen molar-refractivity contribution in [3.8, 4) is 0 Å². The number of hydrogen-bond donors (Lipinski definition) is 2. The number of carboxylic acid groups (broad SMARTS) is 1. The Morgan fingerprint density at radius 1 is 1.35 bits per heavy atom. The van der Waals surface area contributed by atoms with Crippen LogP contribution in [0.3, 0.4) is 0 Å². The molecule has 1 heterocycles. The Labute approximate surface area is 118 Å². The molecule has 1 atom stereocenters. The van der Waals surface area contributed by atoms with Gasteiger partial charge in [-0.15, -0.1) is 0 Å². The second-order valence-corrected chi connectivity index (χ2v) is 5.06. The molecule has 0 aromatic heterocycles. The third-order valence-corrected chi connectivity index (χ3v) is 3.17. The van der Waals surface area contributed by atoms with Crippen molar-refractivity contribution in [2.24, 2.45) is 5.92 Å². The third-order valence-electron chi connectivity index (χ3n) is 3.17. The summed E-state index contributed by atoms with van der Waals surface area (Å²) in [5.41, 5.74) is 0. The van der Waals surface area contributed by atoms with Crippen LogP contribution in [0.5, 0.6) is 0 Å². The Bertz CT molecular complexity index is 353. The summed E-state index contributed by atoms with van der Waals surface area (Å²) < 4.78 is 5.34. The summed E-state index contributed by atoms with van der Waals surface area (Å²) >= 11 is 0. The second kappa shape index (κ2) is 8.52. The number of rotatable bonds is 6. The lowest BCUT2D eigenvalue weighted by Crippen LogP contribution is -2.43. The highest BCUT2D eigenvalue weighted by molar-refractivity contribution is 5.94. The highest BCUT2D eigenvalue weighted by atomic mass is 16.5. The maximum Gasteiger partial charge on any atom is 0.323 e. The summed E-state index contributed by atoms with van der Waals surface area (Å²) in [5.74, 6) is -1.08. The topological polar surface area (TPSA) is 95.9 Å². The van der Waals surface area contributed by atoms with Crippen LogP contribution in [0.15, 0.2) is 0 Å². The van der Waals surface area contributed by atoms with E-state index in [9.17, 15) is 14.4 Å². The van der Waals surface area contributed by atoms with Crippen molar-refractivity contribution in [3.05, 3.63) is 0 Å². The average Bonchev–Trinajstić information content (AvgIpc) is 2.39. The van der Waals surface area contributed by atoms with Crippen LogP contribution in [0.1, 0.15) is 32.1 Å². The first-order valence-corrected chi connectivity index (χ1v) is 6.83. The van der Waals surface area contributed by atoms with E-state index in [0.29, 0.717) is 19.1 Å². The molecular formula is C13H22N2O5. The average molecular weight is 286 g/mol. The molecule has 0 bridgehead atoms. The van der Waals surface area contributed by atoms with E-state index < -0.39 is 17.9 Å². The number of nitrogens with one attached hydrogen (secondary N) is 1. The zero-order chi connectivity index (χ0) is 15.0. The smallest absolute Gasteiger partial charge is 0.323 e. The highest BCUT2D eigenvalue weighted by Crippen LogP contribution is 2.14. The summed E-state index contributed by atoms with van der Waals surface area (Å²) in [6.07, 6.45) is 2.21. The monoisotopic (exact) mass is 286 g/mol. The number of aliphatic carboxylic acids is 1. The standard InChI is InChI=1S/C13H22N2O5/c1-15(8-10-4-3-7-20-9-10)13(19)14-11(16)5-2-6-12(17)18/h10H,2-9H2,1H3,(H,17,18)(H,14,16,19). The molecule has 7 heteroatoms. The molecule has 3 amide bonds. The second-order valence-electron chi connectivity index (χ2n) is 5.06. The van der Waals surface area contributed by atoms with E-state index in [1.807, 2.05) is 0 Å². The minimum absolute atomic E-state index is 0.0401. The van der Waals surface area contributed by atoms with Gasteiger partial charge in [0.25, 0.3) is 0 Å². The number of hydrogen-bond acceptors (Lipinski definition) is 4. The van der Waals surface area contributed by atoms with Crippen molar-refractivity contribution in [2.75, 3.05) is 26.8 Å². The molecule has 1 saturated heterocycles. The van der Waals surface area contributed by atoms with Gasteiger partial charge < -0.3 is 14.7 Å². The van der Waals surface area contributed by atoms with Crippen LogP contribution in [0.25, 0.3) is 0 Å². The minimum Gasteiger partial charge on any atom is -0.481 e. The zero-order valence-corrected chi connectivity index (χ0v) is 11.8. The molecule has 0 saturated carbocycles. The Balaban J connectivity index is 2.22. The van der Waals surface area contributed by atoms with Crippen LogP contribution < -0.4 is 5.32 Å². The van der Waals surface area contributed by atoms with Gasteiger partial charge in [0.05, 0.1) is 6.61 Å². The number of amides is 3. The van der Waals surface area contributed by atoms with Crippen LogP contribution in [-0.4, -0.2) is 54.7 Å². The number of nitrogens with zero attached hydrogens (tertiary/aromatic N) is 1. The molecule has 1 unspecified atom stereocenters. The number of carbonyl (C=O) groups is 3. The van der Waals surface area contributed by atoms with Crippen LogP contribution in [0, 0.1) is 5.92 Å². The lowest BCUT2D eigenvalue weighted by atomic mass is 10.0. The van der Waals surface area contributed by atoms with Crippen LogP contribution in [0.2, 0.25) is 0 Å². The Morgan fingerprint density at radius 2 is 2.10 bits per heavy atom. The molecule has 2 N–H and O–H groups in total. The maximum atomic E-state index is 11.8. The van der Waals surface area contributed by atoms with E-state index in [1.54, 1.807) is 7.05 Å². The number of carboxylic acids is 1. The zero-order valence-electron chi connectivity index (χ0n) is 11.8. The molecule has 0 aromatic rings. The Hall–Kier alpha value is -1.63. The van der Waals surface area contributed by atoms with E-state index in [2.05, 4.69) is 5.32 Å². The van der Waals surface area contributed by atoms with E-state index in [4.69, 9.17) is 9.84 Å². The van der Waals surface area contributed by atoms with Gasteiger partial charge in [0, 0.05) is 39.0 Å². The number of urea groups is 1. The molecule has 0 aliphatic carbocycles. The van der Waals surface area contributed by atoms with Crippen LogP contribution in [-0.2, 0) is 14.3 Å². The highest BCUT2D eigenvalue weighted by Gasteiger charge is 2.19. The predicted octanol–water partition coefficient (Wildman–Crippen LogP) is 0.836. The quantitative estimate of drug-likeness (QED) is 0.754.